The summed E-state index contributed by atoms with van der Waals surface area (Å²) in [6.45, 7) is 11.1. The molecule has 2 saturated heterocycles. The van der Waals surface area contributed by atoms with Crippen molar-refractivity contribution in [2.45, 2.75) is 33.1 Å². The Labute approximate surface area is 140 Å². The highest BCUT2D eigenvalue weighted by atomic mass is 16.1. The van der Waals surface area contributed by atoms with E-state index in [-0.39, 0.29) is 11.8 Å². The topological polar surface area (TPSA) is 60.0 Å². The van der Waals surface area contributed by atoms with E-state index in [0.29, 0.717) is 6.54 Å². The minimum atomic E-state index is 0.0410. The molecule has 0 aromatic heterocycles. The van der Waals surface area contributed by atoms with Gasteiger partial charge in [0, 0.05) is 45.7 Å². The molecular formula is C17H33N5O. The smallest absolute Gasteiger partial charge is 0.222 e. The molecule has 1 atom stereocenters. The van der Waals surface area contributed by atoms with Gasteiger partial charge in [0.2, 0.25) is 5.91 Å². The third kappa shape index (κ3) is 5.68. The summed E-state index contributed by atoms with van der Waals surface area (Å²) in [7, 11) is 1.84. The lowest BCUT2D eigenvalue weighted by molar-refractivity contribution is -0.123. The Kier molecular flexibility index (Phi) is 7.15. The number of rotatable bonds is 6. The van der Waals surface area contributed by atoms with Crippen molar-refractivity contribution in [1.82, 2.24) is 20.4 Å². The van der Waals surface area contributed by atoms with E-state index in [9.17, 15) is 4.79 Å². The Morgan fingerprint density at radius 3 is 2.52 bits per heavy atom. The highest BCUT2D eigenvalue weighted by Gasteiger charge is 2.27. The van der Waals surface area contributed by atoms with Crippen LogP contribution in [-0.2, 0) is 4.79 Å². The lowest BCUT2D eigenvalue weighted by Crippen LogP contribution is -2.44. The molecule has 6 heteroatoms. The van der Waals surface area contributed by atoms with Gasteiger partial charge in [-0.2, -0.15) is 0 Å². The summed E-state index contributed by atoms with van der Waals surface area (Å²) in [5, 5.41) is 6.29. The molecule has 2 N–H and O–H groups in total. The molecule has 0 saturated carbocycles. The predicted octanol–water partition coefficient (Wildman–Crippen LogP) is 0.752. The van der Waals surface area contributed by atoms with Crippen molar-refractivity contribution in [3.8, 4) is 0 Å². The fraction of sp³-hybridized carbons (Fsp3) is 0.882. The molecule has 2 aliphatic heterocycles. The third-order valence-corrected chi connectivity index (χ3v) is 4.74. The molecule has 0 aromatic carbocycles. The van der Waals surface area contributed by atoms with Gasteiger partial charge in [0.15, 0.2) is 5.96 Å². The van der Waals surface area contributed by atoms with Gasteiger partial charge in [-0.3, -0.25) is 9.79 Å². The molecule has 1 unspecified atom stereocenters. The first kappa shape index (κ1) is 18.0. The highest BCUT2D eigenvalue weighted by molar-refractivity contribution is 5.80. The van der Waals surface area contributed by atoms with Crippen LogP contribution in [-0.4, -0.2) is 74.5 Å². The zero-order chi connectivity index (χ0) is 16.7. The fourth-order valence-corrected chi connectivity index (χ4v) is 3.40. The van der Waals surface area contributed by atoms with E-state index >= 15 is 0 Å². The molecule has 0 spiro atoms. The number of nitrogens with one attached hydrogen (secondary N) is 2. The maximum Gasteiger partial charge on any atom is 0.222 e. The van der Waals surface area contributed by atoms with Crippen LogP contribution in [0.3, 0.4) is 0 Å². The fourth-order valence-electron chi connectivity index (χ4n) is 3.40. The van der Waals surface area contributed by atoms with Gasteiger partial charge >= 0.3 is 0 Å². The molecule has 2 rings (SSSR count). The van der Waals surface area contributed by atoms with Crippen LogP contribution in [0.15, 0.2) is 4.99 Å². The number of aliphatic imine (C=N–C) groups is 1. The molecule has 0 radical (unpaired) electrons. The normalized spacial score (nSPS) is 22.9. The molecule has 23 heavy (non-hydrogen) atoms. The quantitative estimate of drug-likeness (QED) is 0.430. The summed E-state index contributed by atoms with van der Waals surface area (Å²) in [6, 6.07) is 0. The summed E-state index contributed by atoms with van der Waals surface area (Å²) >= 11 is 0. The zero-order valence-corrected chi connectivity index (χ0v) is 15.0. The molecule has 2 fully saturated rings. The third-order valence-electron chi connectivity index (χ3n) is 4.74. The number of nitrogens with zero attached hydrogens (tertiary/aromatic N) is 3. The van der Waals surface area contributed by atoms with Gasteiger partial charge in [0.25, 0.3) is 0 Å². The average Bonchev–Trinajstić information content (AvgIpc) is 3.19. The predicted molar refractivity (Wildman–Crippen MR) is 94.6 cm³/mol. The Bertz CT molecular complexity index is 404. The highest BCUT2D eigenvalue weighted by Crippen LogP contribution is 2.19. The second kappa shape index (κ2) is 9.11. The Hall–Kier alpha value is -1.30. The molecule has 0 aromatic rings. The van der Waals surface area contributed by atoms with Gasteiger partial charge < -0.3 is 20.4 Å². The largest absolute Gasteiger partial charge is 0.354 e. The number of hydrogen-bond donors (Lipinski definition) is 2. The van der Waals surface area contributed by atoms with Crippen molar-refractivity contribution in [2.75, 3.05) is 52.9 Å². The van der Waals surface area contributed by atoms with E-state index in [2.05, 4.69) is 25.4 Å². The first-order valence-corrected chi connectivity index (χ1v) is 9.05. The maximum absolute atomic E-state index is 11.5. The van der Waals surface area contributed by atoms with Crippen molar-refractivity contribution in [3.63, 3.8) is 0 Å². The molecule has 132 valence electrons. The molecule has 0 bridgehead atoms. The Morgan fingerprint density at radius 2 is 1.87 bits per heavy atom. The lowest BCUT2D eigenvalue weighted by Gasteiger charge is -2.23. The first-order chi connectivity index (χ1) is 11.1. The second-order valence-corrected chi connectivity index (χ2v) is 7.03. The van der Waals surface area contributed by atoms with Crippen LogP contribution in [0.1, 0.15) is 33.1 Å². The van der Waals surface area contributed by atoms with Crippen LogP contribution in [0.2, 0.25) is 0 Å². The lowest BCUT2D eigenvalue weighted by atomic mass is 10.1. The number of carbonyl (C=O) groups is 1. The first-order valence-electron chi connectivity index (χ1n) is 9.05. The van der Waals surface area contributed by atoms with Crippen molar-refractivity contribution in [1.29, 1.82) is 0 Å². The number of amides is 1. The van der Waals surface area contributed by atoms with Crippen molar-refractivity contribution >= 4 is 11.9 Å². The number of likely N-dealkylation sites (tertiary alicyclic amines) is 2. The van der Waals surface area contributed by atoms with Gasteiger partial charge in [0.1, 0.15) is 0 Å². The van der Waals surface area contributed by atoms with Crippen molar-refractivity contribution < 1.29 is 4.79 Å². The van der Waals surface area contributed by atoms with Gasteiger partial charge in [-0.25, -0.2) is 0 Å². The van der Waals surface area contributed by atoms with E-state index in [4.69, 9.17) is 0 Å². The Morgan fingerprint density at radius 1 is 1.17 bits per heavy atom. The standard InChI is InChI=1S/C17H33N5O/c1-14(2)16(23)19-7-8-20-17(18-3)22-11-6-15(13-22)12-21-9-4-5-10-21/h14-15H,4-13H2,1-3H3,(H,18,20)(H,19,23). The molecule has 2 aliphatic rings. The van der Waals surface area contributed by atoms with Crippen LogP contribution < -0.4 is 10.6 Å². The molecular weight excluding hydrogens is 290 g/mol. The van der Waals surface area contributed by atoms with Gasteiger partial charge in [0.05, 0.1) is 0 Å². The minimum Gasteiger partial charge on any atom is -0.354 e. The maximum atomic E-state index is 11.5. The molecule has 0 aliphatic carbocycles. The summed E-state index contributed by atoms with van der Waals surface area (Å²) in [4.78, 5) is 20.9. The van der Waals surface area contributed by atoms with Crippen molar-refractivity contribution in [3.05, 3.63) is 0 Å². The van der Waals surface area contributed by atoms with Gasteiger partial charge in [-0.1, -0.05) is 13.8 Å². The Balaban J connectivity index is 1.66. The van der Waals surface area contributed by atoms with Crippen LogP contribution >= 0.6 is 0 Å². The van der Waals surface area contributed by atoms with Crippen LogP contribution in [0, 0.1) is 11.8 Å². The molecule has 6 nitrogen and oxygen atoms in total. The van der Waals surface area contributed by atoms with Crippen LogP contribution in [0.4, 0.5) is 0 Å². The van der Waals surface area contributed by atoms with Gasteiger partial charge in [-0.15, -0.1) is 0 Å². The number of guanidine groups is 1. The van der Waals surface area contributed by atoms with Crippen LogP contribution in [0.5, 0.6) is 0 Å². The van der Waals surface area contributed by atoms with E-state index < -0.39 is 0 Å². The number of hydrogen-bond acceptors (Lipinski definition) is 3. The summed E-state index contributed by atoms with van der Waals surface area (Å²) in [6.07, 6.45) is 3.98. The summed E-state index contributed by atoms with van der Waals surface area (Å²) < 4.78 is 0. The van der Waals surface area contributed by atoms with Crippen LogP contribution in [0.25, 0.3) is 0 Å². The van der Waals surface area contributed by atoms with Crippen molar-refractivity contribution in [2.24, 2.45) is 16.8 Å². The number of carbonyl (C=O) groups excluding carboxylic acids is 1. The minimum absolute atomic E-state index is 0.0410. The average molecular weight is 323 g/mol. The molecule has 1 amide bonds. The SMILES string of the molecule is CN=C(NCCNC(=O)C(C)C)N1CCC(CN2CCCC2)C1. The second-order valence-electron chi connectivity index (χ2n) is 7.03. The summed E-state index contributed by atoms with van der Waals surface area (Å²) in [5.74, 6) is 1.87. The van der Waals surface area contributed by atoms with E-state index in [1.807, 2.05) is 20.9 Å². The van der Waals surface area contributed by atoms with E-state index in [1.165, 1.54) is 38.9 Å². The van der Waals surface area contributed by atoms with Gasteiger partial charge in [-0.05, 0) is 38.3 Å². The molecule has 2 heterocycles. The summed E-state index contributed by atoms with van der Waals surface area (Å²) in [5.41, 5.74) is 0. The van der Waals surface area contributed by atoms with E-state index in [0.717, 1.165) is 31.5 Å². The zero-order valence-electron chi connectivity index (χ0n) is 15.0. The van der Waals surface area contributed by atoms with E-state index in [1.54, 1.807) is 0 Å². The monoisotopic (exact) mass is 323 g/mol.